The zero-order valence-corrected chi connectivity index (χ0v) is 12.5. The number of carbonyl (C=O) groups excluding carboxylic acids is 1. The quantitative estimate of drug-likeness (QED) is 0.482. The molecule has 2 aromatic carbocycles. The smallest absolute Gasteiger partial charge is 0.349 e. The first kappa shape index (κ1) is 16.2. The molecule has 0 spiro atoms. The lowest BCUT2D eigenvalue weighted by molar-refractivity contribution is -0.139. The third kappa shape index (κ3) is 4.68. The summed E-state index contributed by atoms with van der Waals surface area (Å²) >= 11 is 0. The molecule has 0 amide bonds. The highest BCUT2D eigenvalue weighted by Gasteiger charge is 2.11. The number of ether oxygens (including phenoxy) is 2. The van der Waals surface area contributed by atoms with Crippen LogP contribution in [-0.2, 0) is 16.1 Å². The SMILES string of the molecule is COc1ccc(/C=C(\C#N)C(=O)OCc2ccc(F)cc2)cc1. The summed E-state index contributed by atoms with van der Waals surface area (Å²) in [4.78, 5) is 11.9. The van der Waals surface area contributed by atoms with Crippen molar-refractivity contribution in [2.45, 2.75) is 6.61 Å². The van der Waals surface area contributed by atoms with Gasteiger partial charge in [-0.25, -0.2) is 9.18 Å². The van der Waals surface area contributed by atoms with Crippen molar-refractivity contribution in [3.63, 3.8) is 0 Å². The fourth-order valence-electron chi connectivity index (χ4n) is 1.81. The molecular formula is C18H14FNO3. The molecule has 2 aromatic rings. The van der Waals surface area contributed by atoms with Crippen LogP contribution in [0.4, 0.5) is 4.39 Å². The molecule has 0 aliphatic carbocycles. The molecule has 0 saturated heterocycles. The molecule has 0 aromatic heterocycles. The predicted octanol–water partition coefficient (Wildman–Crippen LogP) is 3.48. The molecule has 0 N–H and O–H groups in total. The Kier molecular flexibility index (Phi) is 5.48. The van der Waals surface area contributed by atoms with Crippen molar-refractivity contribution in [1.29, 1.82) is 5.26 Å². The summed E-state index contributed by atoms with van der Waals surface area (Å²) in [6.45, 7) is -0.0270. The second-order valence-electron chi connectivity index (χ2n) is 4.65. The number of hydrogen-bond donors (Lipinski definition) is 0. The van der Waals surface area contributed by atoms with Gasteiger partial charge in [-0.2, -0.15) is 5.26 Å². The Labute approximate surface area is 133 Å². The maximum Gasteiger partial charge on any atom is 0.349 e. The van der Waals surface area contributed by atoms with Gasteiger partial charge in [0.15, 0.2) is 0 Å². The summed E-state index contributed by atoms with van der Waals surface area (Å²) in [6.07, 6.45) is 1.44. The van der Waals surface area contributed by atoms with Crippen LogP contribution in [0.5, 0.6) is 5.75 Å². The van der Waals surface area contributed by atoms with Crippen LogP contribution in [-0.4, -0.2) is 13.1 Å². The van der Waals surface area contributed by atoms with E-state index < -0.39 is 5.97 Å². The minimum atomic E-state index is -0.729. The number of esters is 1. The van der Waals surface area contributed by atoms with E-state index in [4.69, 9.17) is 14.7 Å². The van der Waals surface area contributed by atoms with Gasteiger partial charge in [-0.1, -0.05) is 24.3 Å². The summed E-state index contributed by atoms with van der Waals surface area (Å²) in [5, 5.41) is 9.10. The monoisotopic (exact) mass is 311 g/mol. The highest BCUT2D eigenvalue weighted by molar-refractivity contribution is 5.97. The van der Waals surface area contributed by atoms with Gasteiger partial charge in [0.25, 0.3) is 0 Å². The minimum absolute atomic E-state index is 0.0270. The van der Waals surface area contributed by atoms with Crippen molar-refractivity contribution < 1.29 is 18.7 Å². The van der Waals surface area contributed by atoms with Crippen molar-refractivity contribution in [3.8, 4) is 11.8 Å². The molecule has 0 heterocycles. The molecule has 0 aliphatic rings. The molecule has 0 bridgehead atoms. The normalized spacial score (nSPS) is 10.7. The first-order valence-electron chi connectivity index (χ1n) is 6.80. The number of nitriles is 1. The van der Waals surface area contributed by atoms with Crippen molar-refractivity contribution >= 4 is 12.0 Å². The fraction of sp³-hybridized carbons (Fsp3) is 0.111. The lowest BCUT2D eigenvalue weighted by Crippen LogP contribution is -2.06. The molecule has 0 unspecified atom stereocenters. The van der Waals surface area contributed by atoms with E-state index in [-0.39, 0.29) is 18.0 Å². The Bertz CT molecular complexity index is 743. The average molecular weight is 311 g/mol. The fourth-order valence-corrected chi connectivity index (χ4v) is 1.81. The van der Waals surface area contributed by atoms with Gasteiger partial charge in [0, 0.05) is 0 Å². The molecule has 116 valence electrons. The number of nitrogens with zero attached hydrogens (tertiary/aromatic N) is 1. The van der Waals surface area contributed by atoms with Crippen LogP contribution in [0.15, 0.2) is 54.1 Å². The summed E-state index contributed by atoms with van der Waals surface area (Å²) in [7, 11) is 1.55. The highest BCUT2D eigenvalue weighted by Crippen LogP contribution is 2.15. The molecule has 0 saturated carbocycles. The van der Waals surface area contributed by atoms with E-state index >= 15 is 0 Å². The van der Waals surface area contributed by atoms with Gasteiger partial charge in [-0.05, 0) is 41.5 Å². The first-order valence-corrected chi connectivity index (χ1v) is 6.80. The summed E-state index contributed by atoms with van der Waals surface area (Å²) in [5.74, 6) is -0.413. The molecule has 0 aliphatic heterocycles. The van der Waals surface area contributed by atoms with Crippen LogP contribution in [0.2, 0.25) is 0 Å². The molecule has 0 fully saturated rings. The van der Waals surface area contributed by atoms with Crippen LogP contribution in [0.1, 0.15) is 11.1 Å². The Balaban J connectivity index is 2.04. The molecular weight excluding hydrogens is 297 g/mol. The topological polar surface area (TPSA) is 59.3 Å². The minimum Gasteiger partial charge on any atom is -0.497 e. The largest absolute Gasteiger partial charge is 0.497 e. The standard InChI is InChI=1S/C18H14FNO3/c1-22-17-8-4-13(5-9-17)10-15(11-20)18(21)23-12-14-2-6-16(19)7-3-14/h2-10H,12H2,1H3/b15-10+. The predicted molar refractivity (Wildman–Crippen MR) is 82.8 cm³/mol. The molecule has 4 nitrogen and oxygen atoms in total. The van der Waals surface area contributed by atoms with E-state index in [0.717, 1.165) is 0 Å². The third-order valence-electron chi connectivity index (χ3n) is 3.05. The zero-order chi connectivity index (χ0) is 16.7. The second kappa shape index (κ2) is 7.76. The van der Waals surface area contributed by atoms with Crippen LogP contribution in [0.3, 0.4) is 0 Å². The van der Waals surface area contributed by atoms with E-state index in [9.17, 15) is 9.18 Å². The lowest BCUT2D eigenvalue weighted by Gasteiger charge is -2.04. The van der Waals surface area contributed by atoms with Crippen molar-refractivity contribution in [1.82, 2.24) is 0 Å². The number of methoxy groups -OCH3 is 1. The van der Waals surface area contributed by atoms with Gasteiger partial charge in [0.05, 0.1) is 7.11 Å². The van der Waals surface area contributed by atoms with Crippen LogP contribution in [0, 0.1) is 17.1 Å². The van der Waals surface area contributed by atoms with Crippen molar-refractivity contribution in [2.75, 3.05) is 7.11 Å². The van der Waals surface area contributed by atoms with E-state index in [1.165, 1.54) is 30.3 Å². The highest BCUT2D eigenvalue weighted by atomic mass is 19.1. The molecule has 5 heteroatoms. The molecule has 0 atom stereocenters. The molecule has 23 heavy (non-hydrogen) atoms. The van der Waals surface area contributed by atoms with Gasteiger partial charge in [0.2, 0.25) is 0 Å². The van der Waals surface area contributed by atoms with Crippen LogP contribution < -0.4 is 4.74 Å². The van der Waals surface area contributed by atoms with Crippen LogP contribution in [0.25, 0.3) is 6.08 Å². The Morgan fingerprint density at radius 1 is 1.17 bits per heavy atom. The number of carbonyl (C=O) groups is 1. The Morgan fingerprint density at radius 2 is 1.83 bits per heavy atom. The van der Waals surface area contributed by atoms with Crippen molar-refractivity contribution in [2.24, 2.45) is 0 Å². The van der Waals surface area contributed by atoms with Gasteiger partial charge in [-0.15, -0.1) is 0 Å². The van der Waals surface area contributed by atoms with Gasteiger partial charge >= 0.3 is 5.97 Å². The average Bonchev–Trinajstić information content (AvgIpc) is 2.59. The Morgan fingerprint density at radius 3 is 2.39 bits per heavy atom. The number of halogens is 1. The molecule has 2 rings (SSSR count). The van der Waals surface area contributed by atoms with E-state index in [2.05, 4.69) is 0 Å². The van der Waals surface area contributed by atoms with Gasteiger partial charge in [-0.3, -0.25) is 0 Å². The number of hydrogen-bond acceptors (Lipinski definition) is 4. The maximum absolute atomic E-state index is 12.8. The van der Waals surface area contributed by atoms with Crippen molar-refractivity contribution in [3.05, 3.63) is 71.0 Å². The number of rotatable bonds is 5. The first-order chi connectivity index (χ1) is 11.1. The van der Waals surface area contributed by atoms with Crippen LogP contribution >= 0.6 is 0 Å². The van der Waals surface area contributed by atoms with E-state index in [1.807, 2.05) is 6.07 Å². The third-order valence-corrected chi connectivity index (χ3v) is 3.05. The van der Waals surface area contributed by atoms with E-state index in [0.29, 0.717) is 16.9 Å². The maximum atomic E-state index is 12.8. The number of benzene rings is 2. The lowest BCUT2D eigenvalue weighted by atomic mass is 10.1. The Hall–Kier alpha value is -3.13. The van der Waals surface area contributed by atoms with Gasteiger partial charge in [0.1, 0.15) is 29.8 Å². The summed E-state index contributed by atoms with van der Waals surface area (Å²) in [5.41, 5.74) is 1.21. The van der Waals surface area contributed by atoms with Gasteiger partial charge < -0.3 is 9.47 Å². The second-order valence-corrected chi connectivity index (χ2v) is 4.65. The molecule has 0 radical (unpaired) electrons. The summed E-state index contributed by atoms with van der Waals surface area (Å²) < 4.78 is 22.9. The van der Waals surface area contributed by atoms with E-state index in [1.54, 1.807) is 31.4 Å². The zero-order valence-electron chi connectivity index (χ0n) is 12.5. The summed E-state index contributed by atoms with van der Waals surface area (Å²) in [6, 6.07) is 14.3.